The Balaban J connectivity index is 1.76. The number of para-hydroxylation sites is 2. The number of aliphatic carboxylic acids is 2. The van der Waals surface area contributed by atoms with Crippen molar-refractivity contribution in [1.29, 1.82) is 0 Å². The maximum atomic E-state index is 12.0. The van der Waals surface area contributed by atoms with Crippen molar-refractivity contribution in [2.45, 2.75) is 12.1 Å². The third-order valence-corrected chi connectivity index (χ3v) is 6.48. The van der Waals surface area contributed by atoms with Crippen molar-refractivity contribution in [2.75, 3.05) is 26.2 Å². The highest BCUT2D eigenvalue weighted by Crippen LogP contribution is 2.35. The molecular weight excluding hydrogens is 512 g/mol. The Morgan fingerprint density at radius 3 is 1.30 bits per heavy atom. The van der Waals surface area contributed by atoms with Gasteiger partial charge in [0.05, 0.1) is 36.6 Å². The summed E-state index contributed by atoms with van der Waals surface area (Å²) in [6.45, 7) is -0.624. The molecule has 2 heterocycles. The van der Waals surface area contributed by atoms with Gasteiger partial charge in [-0.15, -0.1) is 0 Å². The third kappa shape index (κ3) is 6.99. The Morgan fingerprint density at radius 2 is 0.975 bits per heavy atom. The predicted octanol–water partition coefficient (Wildman–Crippen LogP) is 3.54. The van der Waals surface area contributed by atoms with Crippen molar-refractivity contribution < 1.29 is 30.0 Å². The molecule has 4 aromatic rings. The molecule has 0 amide bonds. The van der Waals surface area contributed by atoms with Crippen molar-refractivity contribution in [1.82, 2.24) is 19.8 Å². The second kappa shape index (κ2) is 13.3. The van der Waals surface area contributed by atoms with E-state index in [-0.39, 0.29) is 24.6 Å². The van der Waals surface area contributed by atoms with E-state index in [4.69, 9.17) is 0 Å². The summed E-state index contributed by atoms with van der Waals surface area (Å²) in [7, 11) is 0. The number of hydrogen-bond acceptors (Lipinski definition) is 8. The summed E-state index contributed by atoms with van der Waals surface area (Å²) in [6.07, 6.45) is 3.18. The van der Waals surface area contributed by atoms with Crippen LogP contribution in [0.2, 0.25) is 0 Å². The van der Waals surface area contributed by atoms with Crippen LogP contribution < -0.4 is 0 Å². The summed E-state index contributed by atoms with van der Waals surface area (Å²) < 4.78 is 0. The molecule has 0 aliphatic carbocycles. The second-order valence-electron chi connectivity index (χ2n) is 9.16. The van der Waals surface area contributed by atoms with Crippen LogP contribution in [0, 0.1) is 0 Å². The standard InChI is InChI=1S/C30H30N4O6/c35-25-13-3-1-9-21(25)29(23-11-5-7-15-31-23)33(19-27(37)38)17-18-34(20-28(39)40)30(24-12-6-8-16-32-24)22-10-2-4-14-26(22)36/h1-16,29-30,35-36H,17-20H2,(H,37,38)(H,39,40). The lowest BCUT2D eigenvalue weighted by Crippen LogP contribution is -2.43. The van der Waals surface area contributed by atoms with Crippen LogP contribution in [0.25, 0.3) is 0 Å². The van der Waals surface area contributed by atoms with E-state index in [0.29, 0.717) is 22.5 Å². The molecule has 10 nitrogen and oxygen atoms in total. The lowest BCUT2D eigenvalue weighted by molar-refractivity contribution is -0.140. The molecule has 0 saturated heterocycles. The zero-order valence-corrected chi connectivity index (χ0v) is 21.6. The average Bonchev–Trinajstić information content (AvgIpc) is 2.94. The molecule has 0 fully saturated rings. The number of hydrogen-bond donors (Lipinski definition) is 4. The van der Waals surface area contributed by atoms with Gasteiger partial charge in [-0.05, 0) is 36.4 Å². The third-order valence-electron chi connectivity index (χ3n) is 6.48. The van der Waals surface area contributed by atoms with E-state index in [0.717, 1.165) is 0 Å². The minimum atomic E-state index is -1.09. The number of carbonyl (C=O) groups is 2. The number of aromatic hydroxyl groups is 2. The molecule has 10 heteroatoms. The topological polar surface area (TPSA) is 147 Å². The van der Waals surface area contributed by atoms with E-state index in [2.05, 4.69) is 9.97 Å². The Kier molecular flexibility index (Phi) is 9.39. The number of phenols is 2. The molecule has 4 rings (SSSR count). The van der Waals surface area contributed by atoms with Crippen LogP contribution in [0.15, 0.2) is 97.3 Å². The molecular formula is C30H30N4O6. The highest BCUT2D eigenvalue weighted by atomic mass is 16.4. The maximum absolute atomic E-state index is 12.0. The quantitative estimate of drug-likeness (QED) is 0.198. The molecule has 206 valence electrons. The fourth-order valence-electron chi connectivity index (χ4n) is 4.80. The van der Waals surface area contributed by atoms with Crippen molar-refractivity contribution in [3.63, 3.8) is 0 Å². The Morgan fingerprint density at radius 1 is 0.600 bits per heavy atom. The molecule has 40 heavy (non-hydrogen) atoms. The summed E-state index contributed by atoms with van der Waals surface area (Å²) in [5.74, 6) is -2.22. The lowest BCUT2D eigenvalue weighted by atomic mass is 9.98. The van der Waals surface area contributed by atoms with Crippen LogP contribution >= 0.6 is 0 Å². The number of aromatic nitrogens is 2. The molecule has 0 saturated carbocycles. The van der Waals surface area contributed by atoms with Gasteiger partial charge in [0.25, 0.3) is 0 Å². The maximum Gasteiger partial charge on any atom is 0.317 e. The van der Waals surface area contributed by atoms with Crippen LogP contribution in [0.5, 0.6) is 11.5 Å². The van der Waals surface area contributed by atoms with Gasteiger partial charge < -0.3 is 20.4 Å². The number of carboxylic acid groups (broad SMARTS) is 2. The van der Waals surface area contributed by atoms with Crippen molar-refractivity contribution in [3.8, 4) is 11.5 Å². The summed E-state index contributed by atoms with van der Waals surface area (Å²) >= 11 is 0. The van der Waals surface area contributed by atoms with Crippen molar-refractivity contribution >= 4 is 11.9 Å². The van der Waals surface area contributed by atoms with Gasteiger partial charge in [0.2, 0.25) is 0 Å². The van der Waals surface area contributed by atoms with E-state index in [1.165, 1.54) is 12.1 Å². The number of phenolic OH excluding ortho intramolecular Hbond substituents is 2. The number of pyridine rings is 2. The summed E-state index contributed by atoms with van der Waals surface area (Å²) in [5, 5.41) is 41.1. The molecule has 0 spiro atoms. The number of nitrogens with zero attached hydrogens (tertiary/aromatic N) is 4. The number of carboxylic acids is 2. The van der Waals surface area contributed by atoms with Gasteiger partial charge in [0.15, 0.2) is 0 Å². The van der Waals surface area contributed by atoms with Crippen LogP contribution in [-0.4, -0.2) is 78.3 Å². The zero-order chi connectivity index (χ0) is 28.5. The number of benzene rings is 2. The molecule has 2 atom stereocenters. The summed E-state index contributed by atoms with van der Waals surface area (Å²) in [6, 6.07) is 22.4. The highest BCUT2D eigenvalue weighted by Gasteiger charge is 2.31. The predicted molar refractivity (Wildman–Crippen MR) is 147 cm³/mol. The van der Waals surface area contributed by atoms with Crippen molar-refractivity contribution in [2.24, 2.45) is 0 Å². The van der Waals surface area contributed by atoms with Gasteiger partial charge in [-0.25, -0.2) is 0 Å². The fourth-order valence-corrected chi connectivity index (χ4v) is 4.80. The van der Waals surface area contributed by atoms with Crippen molar-refractivity contribution in [3.05, 3.63) is 120 Å². The SMILES string of the molecule is O=C(O)CN(CCN(CC(=O)O)C(c1ccccn1)c1ccccc1O)C(c1ccccn1)c1ccccc1O. The second-order valence-corrected chi connectivity index (χ2v) is 9.16. The molecule has 2 aromatic carbocycles. The van der Waals surface area contributed by atoms with Gasteiger partial charge in [0.1, 0.15) is 11.5 Å². The fraction of sp³-hybridized carbons (Fsp3) is 0.200. The molecule has 0 aliphatic heterocycles. The van der Waals surface area contributed by atoms with E-state index in [9.17, 15) is 30.0 Å². The van der Waals surface area contributed by atoms with E-state index in [1.54, 1.807) is 95.0 Å². The van der Waals surface area contributed by atoms with Gasteiger partial charge in [-0.1, -0.05) is 48.5 Å². The van der Waals surface area contributed by atoms with E-state index < -0.39 is 37.1 Å². The van der Waals surface area contributed by atoms with Crippen LogP contribution in [0.1, 0.15) is 34.6 Å². The lowest BCUT2D eigenvalue weighted by Gasteiger charge is -2.35. The Bertz CT molecular complexity index is 1310. The van der Waals surface area contributed by atoms with Gasteiger partial charge >= 0.3 is 11.9 Å². The molecule has 0 bridgehead atoms. The van der Waals surface area contributed by atoms with Gasteiger partial charge in [-0.2, -0.15) is 0 Å². The first kappa shape index (κ1) is 28.2. The average molecular weight is 543 g/mol. The minimum Gasteiger partial charge on any atom is -0.508 e. The molecule has 2 unspecified atom stereocenters. The van der Waals surface area contributed by atoms with Gasteiger partial charge in [0, 0.05) is 36.6 Å². The Hall–Kier alpha value is -4.80. The van der Waals surface area contributed by atoms with Gasteiger partial charge in [-0.3, -0.25) is 29.4 Å². The van der Waals surface area contributed by atoms with Crippen LogP contribution in [0.3, 0.4) is 0 Å². The first-order valence-corrected chi connectivity index (χ1v) is 12.6. The molecule has 0 radical (unpaired) electrons. The number of rotatable bonds is 13. The molecule has 0 aliphatic rings. The summed E-state index contributed by atoms with van der Waals surface area (Å²) in [5.41, 5.74) is 1.98. The van der Waals surface area contributed by atoms with E-state index in [1.807, 2.05) is 0 Å². The smallest absolute Gasteiger partial charge is 0.317 e. The molecule has 2 aromatic heterocycles. The first-order valence-electron chi connectivity index (χ1n) is 12.6. The Labute approximate surface area is 231 Å². The van der Waals surface area contributed by atoms with E-state index >= 15 is 0 Å². The monoisotopic (exact) mass is 542 g/mol. The van der Waals surface area contributed by atoms with Crippen LogP contribution in [0.4, 0.5) is 0 Å². The summed E-state index contributed by atoms with van der Waals surface area (Å²) in [4.78, 5) is 36.2. The largest absolute Gasteiger partial charge is 0.508 e. The zero-order valence-electron chi connectivity index (χ0n) is 21.6. The van der Waals surface area contributed by atoms with Crippen LogP contribution in [-0.2, 0) is 9.59 Å². The first-order chi connectivity index (χ1) is 19.3. The highest BCUT2D eigenvalue weighted by molar-refractivity contribution is 5.70. The normalized spacial score (nSPS) is 12.8. The minimum absolute atomic E-state index is 0.0171. The molecule has 4 N–H and O–H groups in total.